The molecule has 1 N–H and O–H groups in total. The predicted octanol–water partition coefficient (Wildman–Crippen LogP) is 3.45. The number of hydrogen-bond donors (Lipinski definition) is 1. The molecule has 0 saturated heterocycles. The van der Waals surface area contributed by atoms with Gasteiger partial charge in [0, 0.05) is 24.3 Å². The number of hydrogen-bond acceptors (Lipinski definition) is 4. The van der Waals surface area contributed by atoms with E-state index in [4.69, 9.17) is 0 Å². The lowest BCUT2D eigenvalue weighted by Crippen LogP contribution is -2.30. The lowest BCUT2D eigenvalue weighted by atomic mass is 10.1. The number of carbonyl (C=O) groups excluding carboxylic acids is 2. The number of amides is 2. The fourth-order valence-corrected chi connectivity index (χ4v) is 2.89. The first-order valence-corrected chi connectivity index (χ1v) is 9.33. The summed E-state index contributed by atoms with van der Waals surface area (Å²) in [5.74, 6) is -0.385. The molecule has 2 amide bonds. The van der Waals surface area contributed by atoms with Gasteiger partial charge in [0.15, 0.2) is 0 Å². The van der Waals surface area contributed by atoms with Gasteiger partial charge in [-0.3, -0.25) is 9.59 Å². The van der Waals surface area contributed by atoms with Crippen LogP contribution in [0.2, 0.25) is 0 Å². The number of aryl methyl sites for hydroxylation is 1. The lowest BCUT2D eigenvalue weighted by molar-refractivity contribution is 0.0773. The normalized spacial score (nSPS) is 10.6. The average Bonchev–Trinajstić information content (AvgIpc) is 3.12. The quantitative estimate of drug-likeness (QED) is 0.693. The number of nitrogens with zero attached hydrogens (tertiary/aromatic N) is 4. The Morgan fingerprint density at radius 3 is 2.24 bits per heavy atom. The highest BCUT2D eigenvalue weighted by molar-refractivity contribution is 6.02. The summed E-state index contributed by atoms with van der Waals surface area (Å²) in [6.07, 6.45) is 0. The molecular formula is C21H22FN5O2. The summed E-state index contributed by atoms with van der Waals surface area (Å²) in [6.45, 7) is 6.83. The molecule has 8 heteroatoms. The summed E-state index contributed by atoms with van der Waals surface area (Å²) in [5, 5.41) is 6.93. The first kappa shape index (κ1) is 20.2. The number of carbonyl (C=O) groups is 2. The molecule has 150 valence electrons. The maximum Gasteiger partial charge on any atom is 0.295 e. The van der Waals surface area contributed by atoms with Crippen molar-refractivity contribution < 1.29 is 14.0 Å². The fourth-order valence-electron chi connectivity index (χ4n) is 2.89. The van der Waals surface area contributed by atoms with Crippen molar-refractivity contribution in [3.63, 3.8) is 0 Å². The second kappa shape index (κ2) is 8.64. The highest BCUT2D eigenvalue weighted by Crippen LogP contribution is 2.14. The minimum Gasteiger partial charge on any atom is -0.339 e. The molecule has 0 saturated carbocycles. The number of anilines is 1. The standard InChI is InChI=1S/C21H22FN5O2/c1-4-26(5-2)21(29)15-6-10-17(11-7-15)24-20(28)19-23-14(3)27(25-19)18-12-8-16(22)9-13-18/h6-13H,4-5H2,1-3H3,(H,24,28). The number of rotatable bonds is 6. The molecule has 0 unspecified atom stereocenters. The topological polar surface area (TPSA) is 80.1 Å². The molecule has 0 radical (unpaired) electrons. The van der Waals surface area contributed by atoms with Crippen LogP contribution in [0.5, 0.6) is 0 Å². The molecular weight excluding hydrogens is 373 g/mol. The van der Waals surface area contributed by atoms with Gasteiger partial charge in [0.05, 0.1) is 5.69 Å². The largest absolute Gasteiger partial charge is 0.339 e. The second-order valence-electron chi connectivity index (χ2n) is 6.38. The van der Waals surface area contributed by atoms with Crippen molar-refractivity contribution in [2.24, 2.45) is 0 Å². The minimum atomic E-state index is -0.475. The minimum absolute atomic E-state index is 0.00452. The van der Waals surface area contributed by atoms with E-state index < -0.39 is 5.91 Å². The maximum atomic E-state index is 13.1. The van der Waals surface area contributed by atoms with E-state index in [1.807, 2.05) is 13.8 Å². The third-order valence-corrected chi connectivity index (χ3v) is 4.48. The van der Waals surface area contributed by atoms with Gasteiger partial charge < -0.3 is 10.2 Å². The zero-order valence-corrected chi connectivity index (χ0v) is 16.5. The highest BCUT2D eigenvalue weighted by atomic mass is 19.1. The summed E-state index contributed by atoms with van der Waals surface area (Å²) < 4.78 is 14.6. The molecule has 0 aliphatic rings. The first-order valence-electron chi connectivity index (χ1n) is 9.33. The Kier molecular flexibility index (Phi) is 6.01. The van der Waals surface area contributed by atoms with Crippen LogP contribution in [0.1, 0.15) is 40.6 Å². The van der Waals surface area contributed by atoms with Crippen molar-refractivity contribution in [1.29, 1.82) is 0 Å². The van der Waals surface area contributed by atoms with Crippen LogP contribution in [0.15, 0.2) is 48.5 Å². The third kappa shape index (κ3) is 4.48. The van der Waals surface area contributed by atoms with Gasteiger partial charge in [-0.25, -0.2) is 14.1 Å². The van der Waals surface area contributed by atoms with Crippen molar-refractivity contribution in [3.8, 4) is 5.69 Å². The smallest absolute Gasteiger partial charge is 0.295 e. The van der Waals surface area contributed by atoms with Crippen LogP contribution >= 0.6 is 0 Å². The molecule has 0 spiro atoms. The van der Waals surface area contributed by atoms with Gasteiger partial charge >= 0.3 is 0 Å². The van der Waals surface area contributed by atoms with Gasteiger partial charge in [-0.2, -0.15) is 0 Å². The monoisotopic (exact) mass is 395 g/mol. The van der Waals surface area contributed by atoms with Crippen LogP contribution in [0.4, 0.5) is 10.1 Å². The van der Waals surface area contributed by atoms with Gasteiger partial charge in [-0.1, -0.05) is 0 Å². The molecule has 0 aliphatic carbocycles. The third-order valence-electron chi connectivity index (χ3n) is 4.48. The summed E-state index contributed by atoms with van der Waals surface area (Å²) in [7, 11) is 0. The van der Waals surface area contributed by atoms with Crippen molar-refractivity contribution in [1.82, 2.24) is 19.7 Å². The van der Waals surface area contributed by atoms with Gasteiger partial charge in [0.1, 0.15) is 11.6 Å². The molecule has 1 heterocycles. The van der Waals surface area contributed by atoms with Gasteiger partial charge in [-0.15, -0.1) is 5.10 Å². The second-order valence-corrected chi connectivity index (χ2v) is 6.38. The average molecular weight is 395 g/mol. The summed E-state index contributed by atoms with van der Waals surface area (Å²) in [6, 6.07) is 12.4. The lowest BCUT2D eigenvalue weighted by Gasteiger charge is -2.18. The van der Waals surface area contributed by atoms with Crippen molar-refractivity contribution in [2.75, 3.05) is 18.4 Å². The van der Waals surface area contributed by atoms with E-state index in [1.54, 1.807) is 48.2 Å². The van der Waals surface area contributed by atoms with Crippen LogP contribution < -0.4 is 5.32 Å². The van der Waals surface area contributed by atoms with E-state index in [0.717, 1.165) is 0 Å². The zero-order valence-electron chi connectivity index (χ0n) is 16.5. The Morgan fingerprint density at radius 2 is 1.66 bits per heavy atom. The Morgan fingerprint density at radius 1 is 1.03 bits per heavy atom. The van der Waals surface area contributed by atoms with Gasteiger partial charge in [-0.05, 0) is 69.3 Å². The van der Waals surface area contributed by atoms with Crippen molar-refractivity contribution >= 4 is 17.5 Å². The van der Waals surface area contributed by atoms with Gasteiger partial charge in [0.2, 0.25) is 5.82 Å². The Bertz CT molecular complexity index is 1010. The van der Waals surface area contributed by atoms with Crippen LogP contribution in [0, 0.1) is 12.7 Å². The van der Waals surface area contributed by atoms with Crippen molar-refractivity contribution in [2.45, 2.75) is 20.8 Å². The first-order chi connectivity index (χ1) is 13.9. The molecule has 0 bridgehead atoms. The molecule has 1 aromatic heterocycles. The SMILES string of the molecule is CCN(CC)C(=O)c1ccc(NC(=O)c2nc(C)n(-c3ccc(F)cc3)n2)cc1. The van der Waals surface area contributed by atoms with Crippen LogP contribution in [-0.4, -0.2) is 44.6 Å². The Balaban J connectivity index is 1.73. The van der Waals surface area contributed by atoms with Crippen LogP contribution in [0.25, 0.3) is 5.69 Å². The Hall–Kier alpha value is -3.55. The predicted molar refractivity (Wildman–Crippen MR) is 108 cm³/mol. The molecule has 2 aromatic carbocycles. The molecule has 29 heavy (non-hydrogen) atoms. The van der Waals surface area contributed by atoms with E-state index in [2.05, 4.69) is 15.4 Å². The molecule has 0 aliphatic heterocycles. The number of aromatic nitrogens is 3. The molecule has 0 atom stereocenters. The van der Waals surface area contributed by atoms with E-state index in [0.29, 0.717) is 35.9 Å². The van der Waals surface area contributed by atoms with E-state index in [1.165, 1.54) is 16.8 Å². The molecule has 3 aromatic rings. The summed E-state index contributed by atoms with van der Waals surface area (Å²) >= 11 is 0. The van der Waals surface area contributed by atoms with Crippen LogP contribution in [0.3, 0.4) is 0 Å². The fraction of sp³-hybridized carbons (Fsp3) is 0.238. The summed E-state index contributed by atoms with van der Waals surface area (Å²) in [4.78, 5) is 30.8. The van der Waals surface area contributed by atoms with E-state index in [9.17, 15) is 14.0 Å². The zero-order chi connectivity index (χ0) is 21.0. The number of halogens is 1. The molecule has 0 fully saturated rings. The summed E-state index contributed by atoms with van der Waals surface area (Å²) in [5.41, 5.74) is 1.69. The number of nitrogens with one attached hydrogen (secondary N) is 1. The maximum absolute atomic E-state index is 13.1. The molecule has 3 rings (SSSR count). The van der Waals surface area contributed by atoms with Crippen LogP contribution in [-0.2, 0) is 0 Å². The van der Waals surface area contributed by atoms with E-state index >= 15 is 0 Å². The highest BCUT2D eigenvalue weighted by Gasteiger charge is 2.16. The van der Waals surface area contributed by atoms with Crippen molar-refractivity contribution in [3.05, 3.63) is 71.6 Å². The Labute approximate surface area is 168 Å². The number of benzene rings is 2. The molecule has 7 nitrogen and oxygen atoms in total. The van der Waals surface area contributed by atoms with Gasteiger partial charge in [0.25, 0.3) is 11.8 Å². The van der Waals surface area contributed by atoms with E-state index in [-0.39, 0.29) is 17.5 Å².